The van der Waals surface area contributed by atoms with E-state index in [0.717, 1.165) is 32.5 Å². The van der Waals surface area contributed by atoms with Crippen LogP contribution < -0.4 is 11.1 Å². The number of hydrogen-bond acceptors (Lipinski definition) is 11. The van der Waals surface area contributed by atoms with Gasteiger partial charge in [0.1, 0.15) is 22.8 Å². The van der Waals surface area contributed by atoms with Crippen LogP contribution in [0.15, 0.2) is 59.4 Å². The number of Topliss-reactive ketones (excluding diaryl/α,β-unsaturated/α-hetero) is 2. The third-order valence-corrected chi connectivity index (χ3v) is 10.3. The minimum atomic E-state index is -2.94. The topological polar surface area (TPSA) is 197 Å². The van der Waals surface area contributed by atoms with Gasteiger partial charge in [0.2, 0.25) is 5.78 Å². The molecule has 6 rings (SSSR count). The second-order valence-electron chi connectivity index (χ2n) is 13.2. The molecule has 244 valence electrons. The number of fused-ring (bicyclic) bond motifs is 3. The fourth-order valence-electron chi connectivity index (χ4n) is 8.03. The molecule has 2 aromatic rings. The summed E-state index contributed by atoms with van der Waals surface area (Å²) in [5.41, 5.74) is 3.13. The van der Waals surface area contributed by atoms with Gasteiger partial charge in [-0.3, -0.25) is 24.2 Å². The Morgan fingerprint density at radius 3 is 2.33 bits per heavy atom. The van der Waals surface area contributed by atoms with E-state index in [0.29, 0.717) is 11.3 Å². The van der Waals surface area contributed by atoms with Gasteiger partial charge >= 0.3 is 0 Å². The first kappa shape index (κ1) is 31.7. The van der Waals surface area contributed by atoms with Crippen molar-refractivity contribution in [3.05, 3.63) is 76.1 Å². The molecule has 12 nitrogen and oxygen atoms in total. The predicted octanol–water partition coefficient (Wildman–Crippen LogP) is 1.57. The Labute approximate surface area is 266 Å². The first-order valence-electron chi connectivity index (χ1n) is 15.5. The lowest BCUT2D eigenvalue weighted by Gasteiger charge is -2.53. The summed E-state index contributed by atoms with van der Waals surface area (Å²) in [7, 11) is 2.95. The van der Waals surface area contributed by atoms with Crippen LogP contribution >= 0.6 is 0 Å². The normalized spacial score (nSPS) is 30.3. The standard InChI is InChI=1S/C34H40N4O8/c1-16-19-9-10-20(36-18-11-13-38(14-12-18)15-17-7-5-4-6-8-17)27(39)22(19)28(40)23-21(16)29(41)25-26(37(2)3)30(42)24(33(35)45)32(44)34(25,46)31(23)43/h4-10,16,18,21,25-26,29,36,39-41,44,46H,11-15H2,1-3H3,(H2,35,45)/t16-,21+,25+,26+,29-,34-/m0/s1. The van der Waals surface area contributed by atoms with Gasteiger partial charge in [-0.1, -0.05) is 43.3 Å². The molecule has 12 heteroatoms. The number of primary amides is 1. The fraction of sp³-hybridized carbons (Fsp3) is 0.441. The highest BCUT2D eigenvalue weighted by Crippen LogP contribution is 2.56. The minimum absolute atomic E-state index is 0.0255. The zero-order valence-corrected chi connectivity index (χ0v) is 26.0. The quantitative estimate of drug-likeness (QED) is 0.180. The van der Waals surface area contributed by atoms with E-state index in [1.54, 1.807) is 19.1 Å². The molecule has 0 unspecified atom stereocenters. The Hall–Kier alpha value is -4.23. The molecule has 8 N–H and O–H groups in total. The number of phenols is 1. The molecule has 3 aliphatic carbocycles. The number of carbonyl (C=O) groups excluding carboxylic acids is 3. The van der Waals surface area contributed by atoms with E-state index in [2.05, 4.69) is 22.3 Å². The number of nitrogens with one attached hydrogen (secondary N) is 1. The molecule has 0 radical (unpaired) electrons. The second-order valence-corrected chi connectivity index (χ2v) is 13.2. The molecular weight excluding hydrogens is 592 g/mol. The van der Waals surface area contributed by atoms with E-state index in [1.165, 1.54) is 24.6 Å². The van der Waals surface area contributed by atoms with Crippen LogP contribution in [-0.2, 0) is 20.9 Å². The Bertz CT molecular complexity index is 1660. The van der Waals surface area contributed by atoms with Gasteiger partial charge in [0, 0.05) is 37.2 Å². The number of likely N-dealkylation sites (tertiary alicyclic amines) is 1. The van der Waals surface area contributed by atoms with Crippen molar-refractivity contribution >= 4 is 28.9 Å². The van der Waals surface area contributed by atoms with Crippen molar-refractivity contribution in [3.8, 4) is 5.75 Å². The number of benzene rings is 2. The van der Waals surface area contributed by atoms with Gasteiger partial charge in [0.15, 0.2) is 11.4 Å². The maximum absolute atomic E-state index is 14.2. The number of rotatable bonds is 6. The molecule has 0 spiro atoms. The smallest absolute Gasteiger partial charge is 0.255 e. The Morgan fingerprint density at radius 1 is 1.07 bits per heavy atom. The van der Waals surface area contributed by atoms with Crippen molar-refractivity contribution in [2.24, 2.45) is 17.6 Å². The highest BCUT2D eigenvalue weighted by Gasteiger charge is 2.68. The van der Waals surface area contributed by atoms with Gasteiger partial charge in [0.05, 0.1) is 29.3 Å². The average Bonchev–Trinajstić information content (AvgIpc) is 3.01. The number of hydrogen-bond donors (Lipinski definition) is 7. The van der Waals surface area contributed by atoms with E-state index < -0.39 is 75.6 Å². The zero-order valence-electron chi connectivity index (χ0n) is 26.0. The van der Waals surface area contributed by atoms with E-state index in [4.69, 9.17) is 5.73 Å². The number of phenolic OH excluding ortho intramolecular Hbond substituents is 1. The lowest BCUT2D eigenvalue weighted by Crippen LogP contribution is -2.70. The summed E-state index contributed by atoms with van der Waals surface area (Å²) < 4.78 is 0. The van der Waals surface area contributed by atoms with Crippen LogP contribution in [0, 0.1) is 11.8 Å². The van der Waals surface area contributed by atoms with Crippen LogP contribution in [0.25, 0.3) is 5.76 Å². The first-order chi connectivity index (χ1) is 21.8. The molecule has 6 atom stereocenters. The third kappa shape index (κ3) is 4.70. The number of aliphatic hydroxyl groups excluding tert-OH is 3. The van der Waals surface area contributed by atoms with Gasteiger partial charge in [-0.15, -0.1) is 0 Å². The van der Waals surface area contributed by atoms with Crippen molar-refractivity contribution in [1.29, 1.82) is 0 Å². The Morgan fingerprint density at radius 2 is 1.72 bits per heavy atom. The van der Waals surface area contributed by atoms with Crippen LogP contribution in [0.3, 0.4) is 0 Å². The van der Waals surface area contributed by atoms with E-state index in [9.17, 15) is 39.9 Å². The lowest BCUT2D eigenvalue weighted by molar-refractivity contribution is -0.169. The summed E-state index contributed by atoms with van der Waals surface area (Å²) in [6, 6.07) is 12.3. The molecule has 1 saturated heterocycles. The highest BCUT2D eigenvalue weighted by molar-refractivity contribution is 6.24. The molecule has 0 aromatic heterocycles. The SMILES string of the molecule is C[C@H]1c2ccc(NC3CCN(Cc4ccccc4)CC3)c(O)c2C(O)=C2C(=O)[C@]3(O)C(O)=C(C(N)=O)C(=O)[C@H](N(C)C)[C@@H]3[C@@H](O)[C@@H]21. The molecule has 1 aliphatic heterocycles. The van der Waals surface area contributed by atoms with Crippen LogP contribution in [0.5, 0.6) is 5.75 Å². The van der Waals surface area contributed by atoms with E-state index in [-0.39, 0.29) is 17.4 Å². The van der Waals surface area contributed by atoms with Crippen molar-refractivity contribution in [2.75, 3.05) is 32.5 Å². The van der Waals surface area contributed by atoms with Crippen LogP contribution in [0.1, 0.15) is 42.4 Å². The van der Waals surface area contributed by atoms with Gasteiger partial charge in [0.25, 0.3) is 5.91 Å². The maximum atomic E-state index is 14.2. The number of likely N-dealkylation sites (N-methyl/N-ethyl adjacent to an activating group) is 1. The number of amides is 1. The Kier molecular flexibility index (Phi) is 7.96. The van der Waals surface area contributed by atoms with Crippen LogP contribution in [-0.4, -0.2) is 104 Å². The molecule has 1 saturated carbocycles. The summed E-state index contributed by atoms with van der Waals surface area (Å²) >= 11 is 0. The number of nitrogens with two attached hydrogens (primary N) is 1. The number of nitrogens with zero attached hydrogens (tertiary/aromatic N) is 2. The highest BCUT2D eigenvalue weighted by atomic mass is 16.4. The molecular formula is C34H40N4O8. The third-order valence-electron chi connectivity index (χ3n) is 10.3. The number of piperidine rings is 1. The van der Waals surface area contributed by atoms with Crippen molar-refractivity contribution in [3.63, 3.8) is 0 Å². The number of carbonyl (C=O) groups is 3. The van der Waals surface area contributed by atoms with Gasteiger partial charge in [-0.2, -0.15) is 0 Å². The molecule has 0 bridgehead atoms. The van der Waals surface area contributed by atoms with Crippen LogP contribution in [0.4, 0.5) is 5.69 Å². The molecule has 1 heterocycles. The summed E-state index contributed by atoms with van der Waals surface area (Å²) in [6.07, 6.45) is -0.00169. The monoisotopic (exact) mass is 632 g/mol. The van der Waals surface area contributed by atoms with Crippen LogP contribution in [0.2, 0.25) is 0 Å². The summed E-state index contributed by atoms with van der Waals surface area (Å²) in [5.74, 6) is -9.00. The number of anilines is 1. The number of aromatic hydroxyl groups is 1. The zero-order chi connectivity index (χ0) is 33.2. The fourth-order valence-corrected chi connectivity index (χ4v) is 8.03. The largest absolute Gasteiger partial charge is 0.508 e. The van der Waals surface area contributed by atoms with Crippen molar-refractivity contribution in [2.45, 2.75) is 56.0 Å². The average molecular weight is 633 g/mol. The summed E-state index contributed by atoms with van der Waals surface area (Å²) in [4.78, 5) is 43.5. The number of aliphatic hydroxyl groups is 4. The molecule has 2 fully saturated rings. The molecule has 46 heavy (non-hydrogen) atoms. The van der Waals surface area contributed by atoms with Gasteiger partial charge < -0.3 is 36.6 Å². The molecule has 2 aromatic carbocycles. The summed E-state index contributed by atoms with van der Waals surface area (Å²) in [6.45, 7) is 4.25. The molecule has 1 amide bonds. The van der Waals surface area contributed by atoms with Crippen molar-refractivity contribution in [1.82, 2.24) is 9.80 Å². The van der Waals surface area contributed by atoms with Crippen molar-refractivity contribution < 1.29 is 39.9 Å². The number of ketones is 2. The molecule has 4 aliphatic rings. The summed E-state index contributed by atoms with van der Waals surface area (Å²) in [5, 5.41) is 61.2. The minimum Gasteiger partial charge on any atom is -0.508 e. The van der Waals surface area contributed by atoms with E-state index in [1.807, 2.05) is 18.2 Å². The first-order valence-corrected chi connectivity index (χ1v) is 15.5. The maximum Gasteiger partial charge on any atom is 0.255 e. The van der Waals surface area contributed by atoms with Gasteiger partial charge in [-0.05, 0) is 50.0 Å². The second kappa shape index (κ2) is 11.5. The Balaban J connectivity index is 1.34. The lowest BCUT2D eigenvalue weighted by atomic mass is 9.54. The van der Waals surface area contributed by atoms with Gasteiger partial charge in [-0.25, -0.2) is 0 Å². The van der Waals surface area contributed by atoms with E-state index >= 15 is 0 Å². The predicted molar refractivity (Wildman–Crippen MR) is 169 cm³/mol.